The van der Waals surface area contributed by atoms with Crippen LogP contribution in [0, 0.1) is 5.92 Å². The predicted octanol–water partition coefficient (Wildman–Crippen LogP) is 3.13. The first kappa shape index (κ1) is 28.9. The van der Waals surface area contributed by atoms with Crippen LogP contribution in [0.15, 0.2) is 77.8 Å². The van der Waals surface area contributed by atoms with Crippen molar-refractivity contribution in [2.75, 3.05) is 18.8 Å². The third kappa shape index (κ3) is 8.44. The van der Waals surface area contributed by atoms with Crippen molar-refractivity contribution in [2.24, 2.45) is 5.92 Å². The van der Waals surface area contributed by atoms with Crippen LogP contribution in [0.25, 0.3) is 0 Å². The molecule has 0 saturated carbocycles. The van der Waals surface area contributed by atoms with Crippen LogP contribution in [0.5, 0.6) is 5.75 Å². The van der Waals surface area contributed by atoms with Crippen LogP contribution < -0.4 is 15.8 Å². The van der Waals surface area contributed by atoms with Crippen LogP contribution in [0.3, 0.4) is 0 Å². The smallest absolute Gasteiger partial charge is 0.404 e. The average molecular weight is 543 g/mol. The minimum Gasteiger partial charge on any atom is -0.487 e. The Labute approximate surface area is 223 Å². The number of carboxylic acid groups (broad SMARTS) is 1. The van der Waals surface area contributed by atoms with Crippen LogP contribution in [0.2, 0.25) is 0 Å². The molecule has 1 aromatic heterocycles. The van der Waals surface area contributed by atoms with E-state index in [0.29, 0.717) is 18.0 Å². The van der Waals surface area contributed by atoms with Gasteiger partial charge in [0.15, 0.2) is 0 Å². The summed E-state index contributed by atoms with van der Waals surface area (Å²) < 4.78 is 33.6. The van der Waals surface area contributed by atoms with Crippen molar-refractivity contribution in [3.8, 4) is 5.75 Å². The topological polar surface area (TPSA) is 155 Å². The molecule has 11 heteroatoms. The Morgan fingerprint density at radius 1 is 1.05 bits per heavy atom. The molecule has 0 unspecified atom stereocenters. The SMILES string of the molecule is CC(C)CN(C[C@@H](O)[C@H](Cc1ccc(OCc2ccccn2)cc1)NC(=O)O)S(=O)(=O)c1ccc(N)cc1. The van der Waals surface area contributed by atoms with Crippen molar-refractivity contribution in [3.63, 3.8) is 0 Å². The van der Waals surface area contributed by atoms with E-state index in [1.54, 1.807) is 30.5 Å². The number of sulfonamides is 1. The number of aromatic nitrogens is 1. The summed E-state index contributed by atoms with van der Waals surface area (Å²) >= 11 is 0. The monoisotopic (exact) mass is 542 g/mol. The van der Waals surface area contributed by atoms with Gasteiger partial charge in [0.25, 0.3) is 0 Å². The van der Waals surface area contributed by atoms with Crippen molar-refractivity contribution in [3.05, 3.63) is 84.2 Å². The van der Waals surface area contributed by atoms with E-state index in [2.05, 4.69) is 10.3 Å². The summed E-state index contributed by atoms with van der Waals surface area (Å²) in [6.07, 6.45) is -0.799. The Hall–Kier alpha value is -3.67. The van der Waals surface area contributed by atoms with Gasteiger partial charge in [-0.25, -0.2) is 13.2 Å². The maximum atomic E-state index is 13.3. The lowest BCUT2D eigenvalue weighted by Crippen LogP contribution is -2.50. The van der Waals surface area contributed by atoms with Crippen molar-refractivity contribution >= 4 is 21.8 Å². The van der Waals surface area contributed by atoms with E-state index in [1.807, 2.05) is 32.0 Å². The molecule has 2 aromatic carbocycles. The number of aliphatic hydroxyl groups excluding tert-OH is 1. The molecule has 5 N–H and O–H groups in total. The first-order valence-corrected chi connectivity index (χ1v) is 13.6. The number of aliphatic hydroxyl groups is 1. The van der Waals surface area contributed by atoms with Crippen LogP contribution in [0.4, 0.5) is 10.5 Å². The fourth-order valence-electron chi connectivity index (χ4n) is 3.86. The summed E-state index contributed by atoms with van der Waals surface area (Å²) in [5, 5.41) is 22.8. The summed E-state index contributed by atoms with van der Waals surface area (Å²) in [7, 11) is -3.96. The standard InChI is InChI=1S/C27H34N4O6S/c1-19(2)16-31(38(35,36)24-12-8-21(28)9-13-24)17-26(32)25(30-27(33)34)15-20-6-10-23(11-7-20)37-18-22-5-3-4-14-29-22/h3-14,19,25-26,30,32H,15-18,28H2,1-2H3,(H,33,34)/t25-,26+/m0/s1. The number of carbonyl (C=O) groups is 1. The minimum atomic E-state index is -3.96. The second-order valence-corrected chi connectivity index (χ2v) is 11.3. The number of hydrogen-bond acceptors (Lipinski definition) is 7. The summed E-state index contributed by atoms with van der Waals surface area (Å²) in [4.78, 5) is 15.8. The molecule has 0 spiro atoms. The Morgan fingerprint density at radius 2 is 1.74 bits per heavy atom. The molecule has 0 aliphatic rings. The first-order valence-electron chi connectivity index (χ1n) is 12.2. The van der Waals surface area contributed by atoms with Crippen LogP contribution in [0.1, 0.15) is 25.1 Å². The third-order valence-corrected chi connectivity index (χ3v) is 7.59. The summed E-state index contributed by atoms with van der Waals surface area (Å²) in [5.41, 5.74) is 7.65. The molecule has 0 aliphatic heterocycles. The van der Waals surface area contributed by atoms with E-state index in [9.17, 15) is 23.4 Å². The molecule has 1 amide bonds. The highest BCUT2D eigenvalue weighted by molar-refractivity contribution is 7.89. The number of anilines is 1. The minimum absolute atomic E-state index is 0.0322. The number of nitrogens with one attached hydrogen (secondary N) is 1. The Morgan fingerprint density at radius 3 is 2.32 bits per heavy atom. The van der Waals surface area contributed by atoms with E-state index < -0.39 is 28.3 Å². The summed E-state index contributed by atoms with van der Waals surface area (Å²) in [5.74, 6) is 0.579. The zero-order valence-electron chi connectivity index (χ0n) is 21.4. The molecule has 204 valence electrons. The second kappa shape index (κ2) is 13.2. The zero-order chi connectivity index (χ0) is 27.7. The van der Waals surface area contributed by atoms with Gasteiger partial charge in [0.05, 0.1) is 22.7 Å². The van der Waals surface area contributed by atoms with Crippen LogP contribution >= 0.6 is 0 Å². The summed E-state index contributed by atoms with van der Waals surface area (Å²) in [6.45, 7) is 3.88. The van der Waals surface area contributed by atoms with E-state index in [1.165, 1.54) is 28.6 Å². The highest BCUT2D eigenvalue weighted by atomic mass is 32.2. The van der Waals surface area contributed by atoms with E-state index in [-0.39, 0.29) is 30.3 Å². The molecular formula is C27H34N4O6S. The molecule has 0 saturated heterocycles. The van der Waals surface area contributed by atoms with Gasteiger partial charge in [0.2, 0.25) is 10.0 Å². The number of ether oxygens (including phenoxy) is 1. The molecule has 38 heavy (non-hydrogen) atoms. The van der Waals surface area contributed by atoms with Crippen LogP contribution in [-0.4, -0.2) is 59.2 Å². The molecule has 0 bridgehead atoms. The van der Waals surface area contributed by atoms with Gasteiger partial charge >= 0.3 is 6.09 Å². The number of benzene rings is 2. The molecule has 2 atom stereocenters. The number of pyridine rings is 1. The quantitative estimate of drug-likeness (QED) is 0.240. The molecule has 10 nitrogen and oxygen atoms in total. The molecule has 3 rings (SSSR count). The lowest BCUT2D eigenvalue weighted by molar-refractivity contribution is 0.0980. The molecule has 0 aliphatic carbocycles. The third-order valence-electron chi connectivity index (χ3n) is 5.74. The number of hydrogen-bond donors (Lipinski definition) is 4. The van der Waals surface area contributed by atoms with Crippen LogP contribution in [-0.2, 0) is 23.1 Å². The van der Waals surface area contributed by atoms with Gasteiger partial charge in [0.1, 0.15) is 12.4 Å². The van der Waals surface area contributed by atoms with E-state index >= 15 is 0 Å². The fraction of sp³-hybridized carbons (Fsp3) is 0.333. The largest absolute Gasteiger partial charge is 0.487 e. The number of nitrogen functional groups attached to an aromatic ring is 1. The fourth-order valence-corrected chi connectivity index (χ4v) is 5.48. The van der Waals surface area contributed by atoms with Gasteiger partial charge < -0.3 is 26.0 Å². The molecule has 1 heterocycles. The molecular weight excluding hydrogens is 508 g/mol. The predicted molar refractivity (Wildman–Crippen MR) is 144 cm³/mol. The Balaban J connectivity index is 1.72. The van der Waals surface area contributed by atoms with Crippen molar-refractivity contribution in [1.82, 2.24) is 14.6 Å². The lowest BCUT2D eigenvalue weighted by atomic mass is 10.0. The number of rotatable bonds is 13. The van der Waals surface area contributed by atoms with Gasteiger partial charge in [0, 0.05) is 25.0 Å². The molecule has 0 radical (unpaired) electrons. The molecule has 0 fully saturated rings. The highest BCUT2D eigenvalue weighted by Crippen LogP contribution is 2.21. The van der Waals surface area contributed by atoms with Gasteiger partial charge in [-0.2, -0.15) is 4.31 Å². The highest BCUT2D eigenvalue weighted by Gasteiger charge is 2.31. The lowest BCUT2D eigenvalue weighted by Gasteiger charge is -2.30. The van der Waals surface area contributed by atoms with Gasteiger partial charge in [-0.05, 0) is 66.4 Å². The Bertz CT molecular complexity index is 1270. The number of nitrogens with two attached hydrogens (primary N) is 1. The number of amides is 1. The summed E-state index contributed by atoms with van der Waals surface area (Å²) in [6, 6.07) is 17.5. The van der Waals surface area contributed by atoms with Gasteiger partial charge in [-0.3, -0.25) is 4.98 Å². The van der Waals surface area contributed by atoms with Crippen molar-refractivity contribution < 1.29 is 28.2 Å². The van der Waals surface area contributed by atoms with E-state index in [4.69, 9.17) is 10.5 Å². The number of nitrogens with zero attached hydrogens (tertiary/aromatic N) is 2. The second-order valence-electron chi connectivity index (χ2n) is 9.37. The van der Waals surface area contributed by atoms with Gasteiger partial charge in [-0.1, -0.05) is 32.0 Å². The van der Waals surface area contributed by atoms with Crippen molar-refractivity contribution in [2.45, 2.75) is 43.9 Å². The first-order chi connectivity index (χ1) is 18.0. The normalized spacial score (nSPS) is 13.3. The average Bonchev–Trinajstić information content (AvgIpc) is 2.88. The van der Waals surface area contributed by atoms with Crippen molar-refractivity contribution in [1.29, 1.82) is 0 Å². The zero-order valence-corrected chi connectivity index (χ0v) is 22.2. The Kier molecular flexibility index (Phi) is 10.1. The maximum Gasteiger partial charge on any atom is 0.404 e. The van der Waals surface area contributed by atoms with Gasteiger partial charge in [-0.15, -0.1) is 0 Å². The van der Waals surface area contributed by atoms with E-state index in [0.717, 1.165) is 11.3 Å². The maximum absolute atomic E-state index is 13.3. The molecule has 3 aromatic rings.